The van der Waals surface area contributed by atoms with Crippen LogP contribution in [0.3, 0.4) is 0 Å². The molecule has 1 aliphatic rings. The number of hydrogen-bond acceptors (Lipinski definition) is 6. The van der Waals surface area contributed by atoms with E-state index in [0.29, 0.717) is 49.5 Å². The van der Waals surface area contributed by atoms with Gasteiger partial charge < -0.3 is 10.5 Å². The average molecular weight is 486 g/mol. The number of methoxy groups -OCH3 is 1. The van der Waals surface area contributed by atoms with Gasteiger partial charge >= 0.3 is 6.18 Å². The van der Waals surface area contributed by atoms with Crippen molar-refractivity contribution in [3.05, 3.63) is 58.5 Å². The molecule has 4 rings (SSSR count). The highest BCUT2D eigenvalue weighted by atomic mass is 19.4. The van der Waals surface area contributed by atoms with Gasteiger partial charge in [-0.05, 0) is 30.0 Å². The van der Waals surface area contributed by atoms with E-state index in [1.54, 1.807) is 37.3 Å². The van der Waals surface area contributed by atoms with Crippen LogP contribution in [0.4, 0.5) is 19.1 Å². The Labute approximate surface area is 200 Å². The number of aryl methyl sites for hydroxylation is 3. The SMILES string of the molecule is COCCN=CCC(N)=Nc1ncc2c(n1)-c1c(nn(C)c1Cc1cccc(C(F)(F)F)c1)CC2. The van der Waals surface area contributed by atoms with E-state index in [1.165, 1.54) is 12.1 Å². The normalized spacial score (nSPS) is 13.8. The molecule has 2 heterocycles. The molecule has 1 aromatic carbocycles. The molecule has 2 aromatic heterocycles. The number of fused-ring (bicyclic) bond motifs is 3. The van der Waals surface area contributed by atoms with E-state index in [-0.39, 0.29) is 12.4 Å². The summed E-state index contributed by atoms with van der Waals surface area (Å²) >= 11 is 0. The fourth-order valence-corrected chi connectivity index (χ4v) is 3.99. The van der Waals surface area contributed by atoms with E-state index in [0.717, 1.165) is 28.6 Å². The van der Waals surface area contributed by atoms with Gasteiger partial charge in [0, 0.05) is 45.0 Å². The second-order valence-corrected chi connectivity index (χ2v) is 8.20. The third kappa shape index (κ3) is 5.73. The number of halogens is 3. The molecule has 0 saturated heterocycles. The molecular weight excluding hydrogens is 459 g/mol. The van der Waals surface area contributed by atoms with Crippen LogP contribution in [0.2, 0.25) is 0 Å². The summed E-state index contributed by atoms with van der Waals surface area (Å²) in [4.78, 5) is 17.5. The van der Waals surface area contributed by atoms with E-state index in [2.05, 4.69) is 25.1 Å². The predicted octanol–water partition coefficient (Wildman–Crippen LogP) is 3.68. The van der Waals surface area contributed by atoms with Crippen molar-refractivity contribution >= 4 is 18.0 Å². The first-order valence-electron chi connectivity index (χ1n) is 11.1. The summed E-state index contributed by atoms with van der Waals surface area (Å²) in [5, 5.41) is 4.62. The number of aromatic nitrogens is 4. The number of nitrogens with zero attached hydrogens (tertiary/aromatic N) is 6. The molecule has 0 bridgehead atoms. The van der Waals surface area contributed by atoms with Gasteiger partial charge in [-0.2, -0.15) is 23.3 Å². The molecule has 0 atom stereocenters. The highest BCUT2D eigenvalue weighted by molar-refractivity contribution is 5.93. The molecule has 35 heavy (non-hydrogen) atoms. The number of amidine groups is 1. The second kappa shape index (κ2) is 10.3. The predicted molar refractivity (Wildman–Crippen MR) is 127 cm³/mol. The standard InChI is InChI=1S/C24H26F3N7O/c1-34-19(13-15-4-3-5-17(12-15)24(25,26)27)21-18(33-34)7-6-16-14-30-23(32-22(16)21)31-20(28)8-9-29-10-11-35-2/h3-5,9,12,14H,6-8,10-11,13H2,1-2H3,(H2,28,30,31,32). The average Bonchev–Trinajstić information content (AvgIpc) is 3.14. The summed E-state index contributed by atoms with van der Waals surface area (Å²) in [6, 6.07) is 5.35. The molecule has 0 fully saturated rings. The summed E-state index contributed by atoms with van der Waals surface area (Å²) in [6.07, 6.45) is 1.05. The fraction of sp³-hybridized carbons (Fsp3) is 0.375. The zero-order valence-electron chi connectivity index (χ0n) is 19.5. The van der Waals surface area contributed by atoms with Crippen molar-refractivity contribution in [3.8, 4) is 11.3 Å². The molecule has 2 N–H and O–H groups in total. The number of hydrogen-bond donors (Lipinski definition) is 1. The van der Waals surface area contributed by atoms with E-state index in [1.807, 2.05) is 0 Å². The van der Waals surface area contributed by atoms with Gasteiger partial charge in [-0.25, -0.2) is 9.97 Å². The van der Waals surface area contributed by atoms with Gasteiger partial charge in [-0.3, -0.25) is 9.67 Å². The lowest BCUT2D eigenvalue weighted by Gasteiger charge is -2.16. The first kappa shape index (κ1) is 24.5. The van der Waals surface area contributed by atoms with Gasteiger partial charge in [-0.1, -0.05) is 18.2 Å². The Kier molecular flexibility index (Phi) is 7.25. The highest BCUT2D eigenvalue weighted by Gasteiger charge is 2.31. The lowest BCUT2D eigenvalue weighted by atomic mass is 9.91. The van der Waals surface area contributed by atoms with Crippen molar-refractivity contribution < 1.29 is 17.9 Å². The molecule has 0 amide bonds. The lowest BCUT2D eigenvalue weighted by molar-refractivity contribution is -0.137. The zero-order valence-corrected chi connectivity index (χ0v) is 19.5. The third-order valence-corrected chi connectivity index (χ3v) is 5.68. The largest absolute Gasteiger partial charge is 0.416 e. The van der Waals surface area contributed by atoms with Crippen LogP contribution in [0.15, 0.2) is 40.4 Å². The molecular formula is C24H26F3N7O. The Balaban J connectivity index is 1.64. The maximum absolute atomic E-state index is 13.2. The van der Waals surface area contributed by atoms with Crippen molar-refractivity contribution in [1.82, 2.24) is 19.7 Å². The smallest absolute Gasteiger partial charge is 0.387 e. The molecule has 0 saturated carbocycles. The minimum absolute atomic E-state index is 0.216. The van der Waals surface area contributed by atoms with Crippen molar-refractivity contribution in [3.63, 3.8) is 0 Å². The van der Waals surface area contributed by atoms with E-state index in [9.17, 15) is 13.2 Å². The number of aliphatic imine (C=N–C) groups is 2. The Hall–Kier alpha value is -3.60. The van der Waals surface area contributed by atoms with E-state index in [4.69, 9.17) is 10.5 Å². The molecule has 0 radical (unpaired) electrons. The molecule has 184 valence electrons. The van der Waals surface area contributed by atoms with Crippen LogP contribution in [0.1, 0.15) is 34.5 Å². The number of rotatable bonds is 8. The Morgan fingerprint density at radius 3 is 2.89 bits per heavy atom. The first-order chi connectivity index (χ1) is 16.8. The second-order valence-electron chi connectivity index (χ2n) is 8.20. The summed E-state index contributed by atoms with van der Waals surface area (Å²) < 4.78 is 46.3. The van der Waals surface area contributed by atoms with Gasteiger partial charge in [0.2, 0.25) is 0 Å². The van der Waals surface area contributed by atoms with Gasteiger partial charge in [0.15, 0.2) is 0 Å². The molecule has 1 aliphatic carbocycles. The van der Waals surface area contributed by atoms with Crippen LogP contribution < -0.4 is 5.73 Å². The van der Waals surface area contributed by atoms with Crippen LogP contribution in [-0.2, 0) is 37.2 Å². The van der Waals surface area contributed by atoms with Crippen molar-refractivity contribution in [1.29, 1.82) is 0 Å². The first-order valence-corrected chi connectivity index (χ1v) is 11.1. The van der Waals surface area contributed by atoms with Crippen molar-refractivity contribution in [2.45, 2.75) is 31.9 Å². The molecule has 0 spiro atoms. The van der Waals surface area contributed by atoms with Crippen LogP contribution in [0, 0.1) is 0 Å². The fourth-order valence-electron chi connectivity index (χ4n) is 3.99. The number of benzene rings is 1. The maximum Gasteiger partial charge on any atom is 0.416 e. The zero-order chi connectivity index (χ0) is 25.0. The Morgan fingerprint density at radius 1 is 1.29 bits per heavy atom. The Bertz CT molecular complexity index is 1260. The van der Waals surface area contributed by atoms with Gasteiger partial charge in [0.1, 0.15) is 5.84 Å². The van der Waals surface area contributed by atoms with E-state index < -0.39 is 11.7 Å². The van der Waals surface area contributed by atoms with Gasteiger partial charge in [0.05, 0.1) is 35.8 Å². The number of nitrogens with two attached hydrogens (primary N) is 1. The lowest BCUT2D eigenvalue weighted by Crippen LogP contribution is -2.13. The van der Waals surface area contributed by atoms with Crippen LogP contribution in [0.25, 0.3) is 11.3 Å². The van der Waals surface area contributed by atoms with Gasteiger partial charge in [-0.15, -0.1) is 0 Å². The van der Waals surface area contributed by atoms with E-state index >= 15 is 0 Å². The summed E-state index contributed by atoms with van der Waals surface area (Å²) in [5.74, 6) is 0.533. The topological polar surface area (TPSA) is 104 Å². The summed E-state index contributed by atoms with van der Waals surface area (Å²) in [7, 11) is 3.40. The molecule has 0 unspecified atom stereocenters. The third-order valence-electron chi connectivity index (χ3n) is 5.68. The molecule has 11 heteroatoms. The summed E-state index contributed by atoms with van der Waals surface area (Å²) in [5.41, 5.74) is 9.98. The van der Waals surface area contributed by atoms with Crippen LogP contribution >= 0.6 is 0 Å². The molecule has 0 aliphatic heterocycles. The van der Waals surface area contributed by atoms with Crippen molar-refractivity contribution in [2.75, 3.05) is 20.3 Å². The van der Waals surface area contributed by atoms with Gasteiger partial charge in [0.25, 0.3) is 5.95 Å². The monoisotopic (exact) mass is 485 g/mol. The quantitative estimate of drug-likeness (QED) is 0.298. The highest BCUT2D eigenvalue weighted by Crippen LogP contribution is 2.36. The number of alkyl halides is 3. The van der Waals surface area contributed by atoms with Crippen molar-refractivity contribution in [2.24, 2.45) is 22.8 Å². The molecule has 8 nitrogen and oxygen atoms in total. The summed E-state index contributed by atoms with van der Waals surface area (Å²) in [6.45, 7) is 1.06. The molecule has 3 aromatic rings. The number of ether oxygens (including phenoxy) is 1. The van der Waals surface area contributed by atoms with Crippen LogP contribution in [0.5, 0.6) is 0 Å². The Morgan fingerprint density at radius 2 is 2.11 bits per heavy atom. The minimum atomic E-state index is -4.40. The minimum Gasteiger partial charge on any atom is -0.387 e. The van der Waals surface area contributed by atoms with Crippen LogP contribution in [-0.4, -0.2) is 52.1 Å². The maximum atomic E-state index is 13.2.